The van der Waals surface area contributed by atoms with Crippen molar-refractivity contribution in [3.05, 3.63) is 66.0 Å². The number of nitrogens with zero attached hydrogens (tertiary/aromatic N) is 4. The Balaban J connectivity index is 2.15. The molecule has 0 radical (unpaired) electrons. The van der Waals surface area contributed by atoms with Gasteiger partial charge in [-0.2, -0.15) is 5.26 Å². The van der Waals surface area contributed by atoms with E-state index in [1.807, 2.05) is 42.5 Å². The highest BCUT2D eigenvalue weighted by atomic mass is 16.3. The Morgan fingerprint density at radius 1 is 1.00 bits per heavy atom. The fourth-order valence-electron chi connectivity index (χ4n) is 2.15. The zero-order valence-electron chi connectivity index (χ0n) is 11.1. The number of hydrogen-bond donors (Lipinski definition) is 1. The van der Waals surface area contributed by atoms with E-state index in [0.717, 1.165) is 11.3 Å². The third kappa shape index (κ3) is 2.40. The summed E-state index contributed by atoms with van der Waals surface area (Å²) in [7, 11) is 0. The van der Waals surface area contributed by atoms with Gasteiger partial charge in [0, 0.05) is 11.3 Å². The Morgan fingerprint density at radius 2 is 1.71 bits per heavy atom. The van der Waals surface area contributed by atoms with Crippen LogP contribution in [-0.4, -0.2) is 19.9 Å². The van der Waals surface area contributed by atoms with Crippen LogP contribution in [0.2, 0.25) is 0 Å². The number of para-hydroxylation sites is 1. The fourth-order valence-corrected chi connectivity index (χ4v) is 2.15. The van der Waals surface area contributed by atoms with E-state index >= 15 is 0 Å². The van der Waals surface area contributed by atoms with Crippen LogP contribution in [0.3, 0.4) is 0 Å². The summed E-state index contributed by atoms with van der Waals surface area (Å²) in [5.74, 6) is 1.11. The fraction of sp³-hybridized carbons (Fsp3) is 0.0625. The quantitative estimate of drug-likeness (QED) is 0.796. The van der Waals surface area contributed by atoms with Gasteiger partial charge in [-0.25, -0.2) is 0 Å². The molecule has 102 valence electrons. The largest absolute Gasteiger partial charge is 0.388 e. The summed E-state index contributed by atoms with van der Waals surface area (Å²) in [5.41, 5.74) is 2.31. The molecule has 0 spiro atoms. The van der Waals surface area contributed by atoms with Gasteiger partial charge in [-0.15, -0.1) is 10.2 Å². The molecule has 0 saturated heterocycles. The van der Waals surface area contributed by atoms with Crippen molar-refractivity contribution in [1.29, 1.82) is 5.26 Å². The minimum Gasteiger partial charge on any atom is -0.388 e. The first-order valence-electron chi connectivity index (χ1n) is 6.44. The molecular formula is C16H12N4O. The van der Waals surface area contributed by atoms with Gasteiger partial charge >= 0.3 is 0 Å². The highest BCUT2D eigenvalue weighted by molar-refractivity contribution is 5.60. The van der Waals surface area contributed by atoms with Crippen LogP contribution in [-0.2, 0) is 6.61 Å². The van der Waals surface area contributed by atoms with Gasteiger partial charge in [0.05, 0.1) is 11.6 Å². The van der Waals surface area contributed by atoms with Gasteiger partial charge in [-0.05, 0) is 36.4 Å². The van der Waals surface area contributed by atoms with Crippen LogP contribution in [0.4, 0.5) is 0 Å². The molecule has 2 aromatic carbocycles. The second kappa shape index (κ2) is 5.57. The van der Waals surface area contributed by atoms with Gasteiger partial charge < -0.3 is 5.11 Å². The van der Waals surface area contributed by atoms with Crippen LogP contribution in [0.5, 0.6) is 0 Å². The van der Waals surface area contributed by atoms with E-state index in [9.17, 15) is 5.11 Å². The van der Waals surface area contributed by atoms with E-state index in [1.165, 1.54) is 0 Å². The highest BCUT2D eigenvalue weighted by Crippen LogP contribution is 2.23. The van der Waals surface area contributed by atoms with Crippen molar-refractivity contribution in [3.8, 4) is 23.1 Å². The van der Waals surface area contributed by atoms with Crippen LogP contribution in [0.1, 0.15) is 11.4 Å². The highest BCUT2D eigenvalue weighted by Gasteiger charge is 2.14. The zero-order valence-corrected chi connectivity index (χ0v) is 11.1. The molecule has 0 aliphatic heterocycles. The van der Waals surface area contributed by atoms with Crippen LogP contribution >= 0.6 is 0 Å². The van der Waals surface area contributed by atoms with Crippen LogP contribution < -0.4 is 0 Å². The zero-order chi connectivity index (χ0) is 14.7. The van der Waals surface area contributed by atoms with Crippen molar-refractivity contribution in [2.75, 3.05) is 0 Å². The van der Waals surface area contributed by atoms with Crippen molar-refractivity contribution in [3.63, 3.8) is 0 Å². The number of benzene rings is 2. The van der Waals surface area contributed by atoms with Crippen molar-refractivity contribution in [2.24, 2.45) is 0 Å². The maximum atomic E-state index is 9.46. The molecule has 21 heavy (non-hydrogen) atoms. The average Bonchev–Trinajstić information content (AvgIpc) is 2.99. The third-order valence-electron chi connectivity index (χ3n) is 3.16. The summed E-state index contributed by atoms with van der Waals surface area (Å²) in [5, 5.41) is 26.5. The molecule has 0 saturated carbocycles. The first-order valence-corrected chi connectivity index (χ1v) is 6.44. The molecule has 0 amide bonds. The third-order valence-corrected chi connectivity index (χ3v) is 3.16. The number of aromatic nitrogens is 3. The van der Waals surface area contributed by atoms with Crippen LogP contribution in [0.15, 0.2) is 54.6 Å². The summed E-state index contributed by atoms with van der Waals surface area (Å²) < 4.78 is 1.81. The summed E-state index contributed by atoms with van der Waals surface area (Å²) in [6, 6.07) is 18.8. The molecule has 5 heteroatoms. The van der Waals surface area contributed by atoms with Gasteiger partial charge in [0.25, 0.3) is 0 Å². The number of hydrogen-bond acceptors (Lipinski definition) is 4. The number of aliphatic hydroxyl groups excluding tert-OH is 1. The Labute approximate surface area is 121 Å². The molecule has 1 aromatic heterocycles. The van der Waals surface area contributed by atoms with Crippen LogP contribution in [0.25, 0.3) is 17.1 Å². The first-order chi connectivity index (χ1) is 10.3. The van der Waals surface area contributed by atoms with Gasteiger partial charge in [0.15, 0.2) is 11.6 Å². The molecule has 1 N–H and O–H groups in total. The Morgan fingerprint density at radius 3 is 2.33 bits per heavy atom. The molecule has 0 unspecified atom stereocenters. The second-order valence-electron chi connectivity index (χ2n) is 4.46. The topological polar surface area (TPSA) is 74.7 Å². The average molecular weight is 276 g/mol. The summed E-state index contributed by atoms with van der Waals surface area (Å²) in [6.07, 6.45) is 0. The van der Waals surface area contributed by atoms with E-state index in [0.29, 0.717) is 17.2 Å². The Bertz CT molecular complexity index is 785. The van der Waals surface area contributed by atoms with Crippen molar-refractivity contribution in [2.45, 2.75) is 6.61 Å². The first kappa shape index (κ1) is 13.0. The Hall–Kier alpha value is -2.97. The molecule has 1 heterocycles. The maximum Gasteiger partial charge on any atom is 0.168 e. The number of rotatable bonds is 3. The van der Waals surface area contributed by atoms with Gasteiger partial charge in [0.2, 0.25) is 0 Å². The van der Waals surface area contributed by atoms with Gasteiger partial charge in [-0.1, -0.05) is 18.2 Å². The lowest BCUT2D eigenvalue weighted by Gasteiger charge is -2.09. The summed E-state index contributed by atoms with van der Waals surface area (Å²) >= 11 is 0. The number of aliphatic hydroxyl groups is 1. The van der Waals surface area contributed by atoms with E-state index in [1.54, 1.807) is 16.7 Å². The summed E-state index contributed by atoms with van der Waals surface area (Å²) in [6.45, 7) is -0.196. The lowest BCUT2D eigenvalue weighted by atomic mass is 10.1. The molecule has 0 fully saturated rings. The molecule has 3 rings (SSSR count). The summed E-state index contributed by atoms with van der Waals surface area (Å²) in [4.78, 5) is 0. The van der Waals surface area contributed by atoms with Gasteiger partial charge in [0.1, 0.15) is 6.61 Å². The maximum absolute atomic E-state index is 9.46. The van der Waals surface area contributed by atoms with Crippen molar-refractivity contribution < 1.29 is 5.11 Å². The number of nitriles is 1. The minimum absolute atomic E-state index is 0.196. The molecular weight excluding hydrogens is 264 g/mol. The molecule has 5 nitrogen and oxygen atoms in total. The van der Waals surface area contributed by atoms with E-state index < -0.39 is 0 Å². The SMILES string of the molecule is N#Cc1ccc(-c2nnc(CO)n2-c2ccccc2)cc1. The predicted octanol–water partition coefficient (Wildman–Crippen LogP) is 2.30. The van der Waals surface area contributed by atoms with Gasteiger partial charge in [-0.3, -0.25) is 4.57 Å². The standard InChI is InChI=1S/C16H12N4O/c17-10-12-6-8-13(9-7-12)16-19-18-15(11-21)20(16)14-4-2-1-3-5-14/h1-9,21H,11H2. The lowest BCUT2D eigenvalue weighted by Crippen LogP contribution is -2.03. The lowest BCUT2D eigenvalue weighted by molar-refractivity contribution is 0.269. The molecule has 0 aliphatic carbocycles. The minimum atomic E-state index is -0.196. The van der Waals surface area contributed by atoms with Crippen LogP contribution in [0, 0.1) is 11.3 Å². The van der Waals surface area contributed by atoms with Crippen molar-refractivity contribution >= 4 is 0 Å². The smallest absolute Gasteiger partial charge is 0.168 e. The van der Waals surface area contributed by atoms with E-state index in [2.05, 4.69) is 16.3 Å². The Kier molecular flexibility index (Phi) is 3.46. The molecule has 3 aromatic rings. The predicted molar refractivity (Wildman–Crippen MR) is 77.4 cm³/mol. The normalized spacial score (nSPS) is 10.3. The van der Waals surface area contributed by atoms with Crippen molar-refractivity contribution in [1.82, 2.24) is 14.8 Å². The molecule has 0 aliphatic rings. The molecule has 0 bridgehead atoms. The second-order valence-corrected chi connectivity index (χ2v) is 4.46. The van der Waals surface area contributed by atoms with E-state index in [-0.39, 0.29) is 6.61 Å². The monoisotopic (exact) mass is 276 g/mol. The molecule has 0 atom stereocenters. The van der Waals surface area contributed by atoms with E-state index in [4.69, 9.17) is 5.26 Å².